The first-order valence-corrected chi connectivity index (χ1v) is 6.40. The van der Waals surface area contributed by atoms with Gasteiger partial charge in [0.1, 0.15) is 6.04 Å². The summed E-state index contributed by atoms with van der Waals surface area (Å²) in [6.45, 7) is 0. The number of nitrogens with one attached hydrogen (secondary N) is 1. The van der Waals surface area contributed by atoms with Gasteiger partial charge in [-0.2, -0.15) is 0 Å². The van der Waals surface area contributed by atoms with Crippen LogP contribution in [0.5, 0.6) is 0 Å². The van der Waals surface area contributed by atoms with Gasteiger partial charge in [-0.05, 0) is 0 Å². The number of carbonyl (C=O) groups is 2. The van der Waals surface area contributed by atoms with Crippen LogP contribution >= 0.6 is 21.6 Å². The van der Waals surface area contributed by atoms with Crippen LogP contribution in [0.1, 0.15) is 0 Å². The Kier molecular flexibility index (Phi) is 7.52. The molecule has 0 aliphatic carbocycles. The molecule has 15 heavy (non-hydrogen) atoms. The first kappa shape index (κ1) is 14.5. The summed E-state index contributed by atoms with van der Waals surface area (Å²) in [6, 6.07) is -1.75. The van der Waals surface area contributed by atoms with Crippen molar-refractivity contribution in [3.63, 3.8) is 0 Å². The van der Waals surface area contributed by atoms with Crippen molar-refractivity contribution in [2.75, 3.05) is 11.5 Å². The van der Waals surface area contributed by atoms with Gasteiger partial charge in [-0.15, -0.1) is 0 Å². The molecule has 0 aromatic carbocycles. The van der Waals surface area contributed by atoms with Crippen LogP contribution in [0, 0.1) is 0 Å². The molecule has 0 fully saturated rings. The van der Waals surface area contributed by atoms with Crippen molar-refractivity contribution in [1.82, 2.24) is 5.48 Å². The monoisotopic (exact) mass is 255 g/mol. The number of nitrogens with two attached hydrogens (primary N) is 2. The molecule has 2 atom stereocenters. The van der Waals surface area contributed by atoms with Gasteiger partial charge in [0.2, 0.25) is 0 Å². The summed E-state index contributed by atoms with van der Waals surface area (Å²) in [4.78, 5) is 21.0. The molecule has 9 heteroatoms. The van der Waals surface area contributed by atoms with Gasteiger partial charge in [0, 0.05) is 11.5 Å². The fourth-order valence-electron chi connectivity index (χ4n) is 0.473. The number of carboxylic acids is 1. The van der Waals surface area contributed by atoms with E-state index >= 15 is 0 Å². The van der Waals surface area contributed by atoms with E-state index in [-0.39, 0.29) is 11.5 Å². The van der Waals surface area contributed by atoms with Crippen molar-refractivity contribution in [2.45, 2.75) is 12.1 Å². The third kappa shape index (κ3) is 6.57. The fourth-order valence-corrected chi connectivity index (χ4v) is 2.71. The minimum atomic E-state index is -1.07. The van der Waals surface area contributed by atoms with Crippen LogP contribution in [0.15, 0.2) is 0 Å². The maximum Gasteiger partial charge on any atom is 0.321 e. The first-order chi connectivity index (χ1) is 6.99. The number of amides is 1. The van der Waals surface area contributed by atoms with E-state index in [9.17, 15) is 9.59 Å². The number of rotatable bonds is 7. The Bertz CT molecular complexity index is 228. The van der Waals surface area contributed by atoms with E-state index in [0.29, 0.717) is 0 Å². The average molecular weight is 255 g/mol. The lowest BCUT2D eigenvalue weighted by Crippen LogP contribution is -2.40. The molecule has 0 saturated heterocycles. The largest absolute Gasteiger partial charge is 0.480 e. The van der Waals surface area contributed by atoms with Gasteiger partial charge < -0.3 is 16.6 Å². The SMILES string of the molecule is N[C@@H](CSSC[C@H](N)C(=O)NO)C(=O)O. The van der Waals surface area contributed by atoms with Crippen LogP contribution in [0.2, 0.25) is 0 Å². The highest BCUT2D eigenvalue weighted by atomic mass is 33.1. The number of aliphatic carboxylic acids is 1. The second kappa shape index (κ2) is 7.77. The summed E-state index contributed by atoms with van der Waals surface area (Å²) < 4.78 is 0. The molecule has 1 amide bonds. The van der Waals surface area contributed by atoms with E-state index in [1.807, 2.05) is 0 Å². The van der Waals surface area contributed by atoms with Crippen LogP contribution in [-0.2, 0) is 9.59 Å². The predicted octanol–water partition coefficient (Wildman–Crippen LogP) is -1.39. The third-order valence-electron chi connectivity index (χ3n) is 1.34. The third-order valence-corrected chi connectivity index (χ3v) is 3.82. The van der Waals surface area contributed by atoms with Gasteiger partial charge in [-0.3, -0.25) is 14.8 Å². The van der Waals surface area contributed by atoms with Crippen LogP contribution in [0.25, 0.3) is 0 Å². The smallest absolute Gasteiger partial charge is 0.321 e. The minimum absolute atomic E-state index is 0.230. The Morgan fingerprint density at radius 2 is 1.67 bits per heavy atom. The van der Waals surface area contributed by atoms with Gasteiger partial charge in [0.25, 0.3) is 5.91 Å². The molecule has 0 aromatic rings. The Morgan fingerprint density at radius 3 is 2.07 bits per heavy atom. The molecule has 0 unspecified atom stereocenters. The summed E-state index contributed by atoms with van der Waals surface area (Å²) in [6.07, 6.45) is 0. The zero-order valence-electron chi connectivity index (χ0n) is 7.75. The molecule has 0 bridgehead atoms. The topological polar surface area (TPSA) is 139 Å². The summed E-state index contributed by atoms with van der Waals surface area (Å²) in [7, 11) is 2.44. The Hall–Kier alpha value is -0.480. The first-order valence-electron chi connectivity index (χ1n) is 3.91. The molecular weight excluding hydrogens is 242 g/mol. The lowest BCUT2D eigenvalue weighted by atomic mass is 10.3. The fraction of sp³-hybridized carbons (Fsp3) is 0.667. The number of carboxylic acid groups (broad SMARTS) is 1. The second-order valence-electron chi connectivity index (χ2n) is 2.60. The van der Waals surface area contributed by atoms with E-state index in [0.717, 1.165) is 0 Å². The van der Waals surface area contributed by atoms with Gasteiger partial charge in [-0.1, -0.05) is 21.6 Å². The summed E-state index contributed by atoms with van der Waals surface area (Å²) in [5.41, 5.74) is 12.0. The van der Waals surface area contributed by atoms with Crippen molar-refractivity contribution in [2.24, 2.45) is 11.5 Å². The summed E-state index contributed by atoms with van der Waals surface area (Å²) >= 11 is 0. The normalized spacial score (nSPS) is 14.3. The maximum absolute atomic E-state index is 10.7. The molecule has 0 aliphatic rings. The zero-order valence-corrected chi connectivity index (χ0v) is 9.38. The molecule has 0 radical (unpaired) electrons. The molecular formula is C6H13N3O4S2. The number of carbonyl (C=O) groups excluding carboxylic acids is 1. The maximum atomic E-state index is 10.7. The highest BCUT2D eigenvalue weighted by Gasteiger charge is 2.14. The lowest BCUT2D eigenvalue weighted by molar-refractivity contribution is -0.138. The van der Waals surface area contributed by atoms with Crippen LogP contribution in [0.4, 0.5) is 0 Å². The van der Waals surface area contributed by atoms with Crippen LogP contribution in [0.3, 0.4) is 0 Å². The van der Waals surface area contributed by atoms with E-state index in [1.165, 1.54) is 27.1 Å². The van der Waals surface area contributed by atoms with E-state index in [4.69, 9.17) is 21.8 Å². The van der Waals surface area contributed by atoms with Gasteiger partial charge >= 0.3 is 5.97 Å². The Labute approximate surface area is 94.3 Å². The van der Waals surface area contributed by atoms with Crippen molar-refractivity contribution in [3.8, 4) is 0 Å². The van der Waals surface area contributed by atoms with Gasteiger partial charge in [0.15, 0.2) is 0 Å². The standard InChI is InChI=1S/C6H13N3O4S2/c7-3(5(10)9-13)1-14-15-2-4(8)6(11)12/h3-4,13H,1-2,7-8H2,(H,9,10)(H,11,12)/t3-,4-/m0/s1. The quantitative estimate of drug-likeness (QED) is 0.162. The molecule has 7 nitrogen and oxygen atoms in total. The minimum Gasteiger partial charge on any atom is -0.480 e. The summed E-state index contributed by atoms with van der Waals surface area (Å²) in [5.74, 6) is -1.25. The number of hydroxylamine groups is 1. The predicted molar refractivity (Wildman–Crippen MR) is 58.4 cm³/mol. The van der Waals surface area contributed by atoms with Gasteiger partial charge in [-0.25, -0.2) is 5.48 Å². The van der Waals surface area contributed by atoms with E-state index in [1.54, 1.807) is 0 Å². The number of hydrogen-bond donors (Lipinski definition) is 5. The highest BCUT2D eigenvalue weighted by molar-refractivity contribution is 8.76. The van der Waals surface area contributed by atoms with Crippen LogP contribution < -0.4 is 16.9 Å². The molecule has 0 saturated carbocycles. The Balaban J connectivity index is 3.54. The molecule has 0 spiro atoms. The van der Waals surface area contributed by atoms with Gasteiger partial charge in [0.05, 0.1) is 6.04 Å². The summed E-state index contributed by atoms with van der Waals surface area (Å²) in [5, 5.41) is 16.7. The Morgan fingerprint density at radius 1 is 1.20 bits per heavy atom. The van der Waals surface area contributed by atoms with E-state index < -0.39 is 24.0 Å². The van der Waals surface area contributed by atoms with Crippen molar-refractivity contribution in [1.29, 1.82) is 0 Å². The second-order valence-corrected chi connectivity index (χ2v) is 5.15. The van der Waals surface area contributed by atoms with Crippen LogP contribution in [-0.4, -0.2) is 45.8 Å². The van der Waals surface area contributed by atoms with E-state index in [2.05, 4.69) is 0 Å². The molecule has 0 aliphatic heterocycles. The molecule has 88 valence electrons. The lowest BCUT2D eigenvalue weighted by Gasteiger charge is -2.09. The number of hydrogen-bond acceptors (Lipinski definition) is 7. The zero-order chi connectivity index (χ0) is 11.8. The molecule has 0 aromatic heterocycles. The molecule has 7 N–H and O–H groups in total. The molecule has 0 rings (SSSR count). The van der Waals surface area contributed by atoms with Crippen molar-refractivity contribution >= 4 is 33.5 Å². The van der Waals surface area contributed by atoms with Crippen molar-refractivity contribution < 1.29 is 19.9 Å². The highest BCUT2D eigenvalue weighted by Crippen LogP contribution is 2.22. The van der Waals surface area contributed by atoms with Crippen molar-refractivity contribution in [3.05, 3.63) is 0 Å². The average Bonchev–Trinajstić information content (AvgIpc) is 2.22. The molecule has 0 heterocycles.